The van der Waals surface area contributed by atoms with Crippen LogP contribution in [0.5, 0.6) is 0 Å². The first kappa shape index (κ1) is 13.9. The Hall–Kier alpha value is -3.05. The lowest BCUT2D eigenvalue weighted by Crippen LogP contribution is -2.12. The smallest absolute Gasteiger partial charge is 0.0991 e. The molecule has 0 aromatic heterocycles. The summed E-state index contributed by atoms with van der Waals surface area (Å²) in [6, 6.07) is 30.5. The number of nitrogens with one attached hydrogen (secondary N) is 1. The molecule has 0 fully saturated rings. The van der Waals surface area contributed by atoms with Gasteiger partial charge in [0.2, 0.25) is 0 Å². The lowest BCUT2D eigenvalue weighted by Gasteiger charge is -2.21. The molecule has 0 heterocycles. The van der Waals surface area contributed by atoms with E-state index in [0.29, 0.717) is 5.56 Å². The van der Waals surface area contributed by atoms with Crippen LogP contribution in [0.25, 0.3) is 0 Å². The topological polar surface area (TPSA) is 35.8 Å². The molecule has 0 radical (unpaired) electrons. The Labute approximate surface area is 130 Å². The Morgan fingerprint density at radius 2 is 1.18 bits per heavy atom. The molecule has 3 rings (SSSR count). The zero-order chi connectivity index (χ0) is 15.2. The summed E-state index contributed by atoms with van der Waals surface area (Å²) in [7, 11) is 0. The summed E-state index contributed by atoms with van der Waals surface area (Å²) < 4.78 is 0. The van der Waals surface area contributed by atoms with Gasteiger partial charge in [-0.15, -0.1) is 0 Å². The zero-order valence-electron chi connectivity index (χ0n) is 12.1. The highest BCUT2D eigenvalue weighted by atomic mass is 14.9. The van der Waals surface area contributed by atoms with Crippen LogP contribution < -0.4 is 5.32 Å². The molecule has 0 aliphatic carbocycles. The number of nitrogens with zero attached hydrogens (tertiary/aromatic N) is 1. The molecule has 0 unspecified atom stereocenters. The van der Waals surface area contributed by atoms with Crippen molar-refractivity contribution in [2.24, 2.45) is 0 Å². The van der Waals surface area contributed by atoms with Gasteiger partial charge in [-0.05, 0) is 35.4 Å². The first-order valence-electron chi connectivity index (χ1n) is 7.23. The summed E-state index contributed by atoms with van der Waals surface area (Å²) in [5.74, 6) is 0. The maximum atomic E-state index is 8.90. The number of nitriles is 1. The summed E-state index contributed by atoms with van der Waals surface area (Å²) in [6.07, 6.45) is 0. The normalized spacial score (nSPS) is 10.2. The number of benzene rings is 3. The van der Waals surface area contributed by atoms with Gasteiger partial charge in [-0.3, -0.25) is 0 Å². The predicted octanol–water partition coefficient (Wildman–Crippen LogP) is 4.76. The van der Waals surface area contributed by atoms with Crippen molar-refractivity contribution in [1.29, 1.82) is 5.26 Å². The molecule has 2 nitrogen and oxygen atoms in total. The van der Waals surface area contributed by atoms with Gasteiger partial charge >= 0.3 is 0 Å². The summed E-state index contributed by atoms with van der Waals surface area (Å²) in [5, 5.41) is 12.4. The Balaban J connectivity index is 1.94. The van der Waals surface area contributed by atoms with Crippen molar-refractivity contribution in [2.75, 3.05) is 5.32 Å². The second-order valence-electron chi connectivity index (χ2n) is 5.09. The summed E-state index contributed by atoms with van der Waals surface area (Å²) in [6.45, 7) is 0. The lowest BCUT2D eigenvalue weighted by atomic mass is 9.98. The third-order valence-electron chi connectivity index (χ3n) is 3.59. The van der Waals surface area contributed by atoms with Gasteiger partial charge in [-0.2, -0.15) is 5.26 Å². The van der Waals surface area contributed by atoms with E-state index in [1.54, 1.807) is 0 Å². The first-order chi connectivity index (χ1) is 10.9. The minimum atomic E-state index is 0.0790. The monoisotopic (exact) mass is 284 g/mol. The second kappa shape index (κ2) is 6.60. The van der Waals surface area contributed by atoms with Gasteiger partial charge in [0.15, 0.2) is 0 Å². The minimum Gasteiger partial charge on any atom is -0.374 e. The molecule has 0 aliphatic rings. The molecular weight excluding hydrogens is 268 g/mol. The van der Waals surface area contributed by atoms with Crippen LogP contribution in [0.3, 0.4) is 0 Å². The summed E-state index contributed by atoms with van der Waals surface area (Å²) >= 11 is 0. The molecule has 22 heavy (non-hydrogen) atoms. The fraction of sp³-hybridized carbons (Fsp3) is 0.0500. The zero-order valence-corrected chi connectivity index (χ0v) is 12.1. The van der Waals surface area contributed by atoms with Crippen molar-refractivity contribution in [3.63, 3.8) is 0 Å². The van der Waals surface area contributed by atoms with E-state index >= 15 is 0 Å². The maximum absolute atomic E-state index is 8.90. The minimum absolute atomic E-state index is 0.0790. The molecule has 2 heteroatoms. The average Bonchev–Trinajstić information content (AvgIpc) is 2.62. The molecule has 1 N–H and O–H groups in total. The molecule has 0 bridgehead atoms. The van der Waals surface area contributed by atoms with Crippen LogP contribution in [0.4, 0.5) is 5.69 Å². The van der Waals surface area contributed by atoms with E-state index in [1.807, 2.05) is 60.7 Å². The van der Waals surface area contributed by atoms with Crippen molar-refractivity contribution in [2.45, 2.75) is 6.04 Å². The molecule has 0 spiro atoms. The van der Waals surface area contributed by atoms with Crippen LogP contribution in [0.1, 0.15) is 22.7 Å². The molecule has 3 aromatic rings. The van der Waals surface area contributed by atoms with Crippen LogP contribution in [0.2, 0.25) is 0 Å². The second-order valence-corrected chi connectivity index (χ2v) is 5.09. The van der Waals surface area contributed by atoms with Gasteiger partial charge in [0.05, 0.1) is 17.7 Å². The van der Waals surface area contributed by atoms with E-state index in [0.717, 1.165) is 5.69 Å². The van der Waals surface area contributed by atoms with Crippen LogP contribution in [-0.2, 0) is 0 Å². The van der Waals surface area contributed by atoms with Gasteiger partial charge in [-0.1, -0.05) is 60.7 Å². The Bertz CT molecular complexity index is 717. The van der Waals surface area contributed by atoms with Crippen molar-refractivity contribution >= 4 is 5.69 Å². The highest BCUT2D eigenvalue weighted by Crippen LogP contribution is 2.26. The third-order valence-corrected chi connectivity index (χ3v) is 3.59. The van der Waals surface area contributed by atoms with Crippen molar-refractivity contribution in [1.82, 2.24) is 0 Å². The largest absolute Gasteiger partial charge is 0.374 e. The summed E-state index contributed by atoms with van der Waals surface area (Å²) in [5.41, 5.74) is 4.08. The van der Waals surface area contributed by atoms with Crippen molar-refractivity contribution in [3.8, 4) is 6.07 Å². The molecule has 106 valence electrons. The SMILES string of the molecule is N#Cc1ccc(NC(c2ccccc2)c2ccccc2)cc1. The molecule has 0 atom stereocenters. The molecular formula is C20H16N2. The fourth-order valence-corrected chi connectivity index (χ4v) is 2.46. The Morgan fingerprint density at radius 1 is 0.682 bits per heavy atom. The molecule has 0 saturated carbocycles. The van der Waals surface area contributed by atoms with Gasteiger partial charge in [0.25, 0.3) is 0 Å². The van der Waals surface area contributed by atoms with Gasteiger partial charge in [0.1, 0.15) is 0 Å². The standard InChI is InChI=1S/C20H16N2/c21-15-16-11-13-19(14-12-16)22-20(17-7-3-1-4-8-17)18-9-5-2-6-10-18/h1-14,20,22H. The first-order valence-corrected chi connectivity index (χ1v) is 7.23. The summed E-state index contributed by atoms with van der Waals surface area (Å²) in [4.78, 5) is 0. The maximum Gasteiger partial charge on any atom is 0.0991 e. The van der Waals surface area contributed by atoms with Gasteiger partial charge < -0.3 is 5.32 Å². The van der Waals surface area contributed by atoms with E-state index in [-0.39, 0.29) is 6.04 Å². The van der Waals surface area contributed by atoms with E-state index < -0.39 is 0 Å². The third kappa shape index (κ3) is 3.16. The van der Waals surface area contributed by atoms with Crippen molar-refractivity contribution < 1.29 is 0 Å². The van der Waals surface area contributed by atoms with Gasteiger partial charge in [-0.25, -0.2) is 0 Å². The predicted molar refractivity (Wildman–Crippen MR) is 89.5 cm³/mol. The Kier molecular flexibility index (Phi) is 4.17. The number of anilines is 1. The van der Waals surface area contributed by atoms with Crippen LogP contribution >= 0.6 is 0 Å². The lowest BCUT2D eigenvalue weighted by molar-refractivity contribution is 0.939. The van der Waals surface area contributed by atoms with Gasteiger partial charge in [0, 0.05) is 5.69 Å². The number of hydrogen-bond donors (Lipinski definition) is 1. The van der Waals surface area contributed by atoms with E-state index in [2.05, 4.69) is 35.7 Å². The fourth-order valence-electron chi connectivity index (χ4n) is 2.46. The van der Waals surface area contributed by atoms with Crippen LogP contribution in [0.15, 0.2) is 84.9 Å². The van der Waals surface area contributed by atoms with E-state index in [9.17, 15) is 0 Å². The number of rotatable bonds is 4. The molecule has 0 aliphatic heterocycles. The highest BCUT2D eigenvalue weighted by Gasteiger charge is 2.13. The van der Waals surface area contributed by atoms with E-state index in [4.69, 9.17) is 5.26 Å². The average molecular weight is 284 g/mol. The highest BCUT2D eigenvalue weighted by molar-refractivity contribution is 5.51. The Morgan fingerprint density at radius 3 is 1.64 bits per heavy atom. The quantitative estimate of drug-likeness (QED) is 0.749. The van der Waals surface area contributed by atoms with E-state index in [1.165, 1.54) is 11.1 Å². The van der Waals surface area contributed by atoms with Crippen molar-refractivity contribution in [3.05, 3.63) is 102 Å². The molecule has 0 saturated heterocycles. The molecule has 0 amide bonds. The van der Waals surface area contributed by atoms with Crippen LogP contribution in [0, 0.1) is 11.3 Å². The molecule has 3 aromatic carbocycles. The number of hydrogen-bond acceptors (Lipinski definition) is 2. The van der Waals surface area contributed by atoms with Crippen LogP contribution in [-0.4, -0.2) is 0 Å².